The number of amides is 1. The lowest BCUT2D eigenvalue weighted by atomic mass is 9.89. The predicted octanol–water partition coefficient (Wildman–Crippen LogP) is 5.07. The molecule has 0 unspecified atom stereocenters. The normalized spacial score (nSPS) is 15.1. The third kappa shape index (κ3) is 4.28. The minimum absolute atomic E-state index is 0.197. The summed E-state index contributed by atoms with van der Waals surface area (Å²) < 4.78 is 0. The van der Waals surface area contributed by atoms with Gasteiger partial charge >= 0.3 is 0 Å². The van der Waals surface area contributed by atoms with Gasteiger partial charge in [-0.05, 0) is 37.3 Å². The number of piperidine rings is 1. The molecular formula is C23H24N2OS. The lowest BCUT2D eigenvalue weighted by Crippen LogP contribution is -2.38. The van der Waals surface area contributed by atoms with E-state index in [1.807, 2.05) is 16.3 Å². The van der Waals surface area contributed by atoms with Crippen molar-refractivity contribution >= 4 is 17.2 Å². The first-order valence-corrected chi connectivity index (χ1v) is 10.4. The Morgan fingerprint density at radius 2 is 1.89 bits per heavy atom. The van der Waals surface area contributed by atoms with Crippen molar-refractivity contribution in [2.24, 2.45) is 0 Å². The van der Waals surface area contributed by atoms with Gasteiger partial charge in [0.15, 0.2) is 0 Å². The van der Waals surface area contributed by atoms with Crippen LogP contribution in [-0.4, -0.2) is 28.9 Å². The second-order valence-corrected chi connectivity index (χ2v) is 8.11. The molecule has 4 heteroatoms. The molecule has 0 spiro atoms. The number of rotatable bonds is 4. The third-order valence-corrected chi connectivity index (χ3v) is 6.21. The Labute approximate surface area is 164 Å². The van der Waals surface area contributed by atoms with Gasteiger partial charge in [0.05, 0.1) is 12.1 Å². The van der Waals surface area contributed by atoms with Crippen LogP contribution in [0.15, 0.2) is 60.0 Å². The number of hydrogen-bond acceptors (Lipinski definition) is 3. The highest BCUT2D eigenvalue weighted by Gasteiger charge is 2.24. The highest BCUT2D eigenvalue weighted by Crippen LogP contribution is 2.29. The summed E-state index contributed by atoms with van der Waals surface area (Å²) in [5.41, 5.74) is 4.63. The first kappa shape index (κ1) is 17.9. The van der Waals surface area contributed by atoms with Gasteiger partial charge in [-0.1, -0.05) is 54.1 Å². The smallest absolute Gasteiger partial charge is 0.228 e. The van der Waals surface area contributed by atoms with Crippen LogP contribution in [0, 0.1) is 6.92 Å². The van der Waals surface area contributed by atoms with Crippen LogP contribution in [0.4, 0.5) is 0 Å². The molecule has 1 aliphatic rings. The zero-order valence-electron chi connectivity index (χ0n) is 15.6. The molecule has 2 aromatic carbocycles. The van der Waals surface area contributed by atoms with Gasteiger partial charge in [0.2, 0.25) is 5.91 Å². The Morgan fingerprint density at radius 3 is 2.63 bits per heavy atom. The molecule has 0 aliphatic carbocycles. The largest absolute Gasteiger partial charge is 0.342 e. The molecule has 138 valence electrons. The summed E-state index contributed by atoms with van der Waals surface area (Å²) in [6.07, 6.45) is 2.49. The zero-order valence-corrected chi connectivity index (χ0v) is 16.4. The minimum Gasteiger partial charge on any atom is -0.342 e. The average Bonchev–Trinajstić information content (AvgIpc) is 3.17. The number of likely N-dealkylation sites (tertiary alicyclic amines) is 1. The van der Waals surface area contributed by atoms with Crippen molar-refractivity contribution in [1.82, 2.24) is 9.88 Å². The zero-order chi connectivity index (χ0) is 18.6. The first-order valence-electron chi connectivity index (χ1n) is 9.53. The van der Waals surface area contributed by atoms with E-state index in [0.717, 1.165) is 42.2 Å². The van der Waals surface area contributed by atoms with Crippen LogP contribution in [0.2, 0.25) is 0 Å². The minimum atomic E-state index is 0.197. The Kier molecular flexibility index (Phi) is 5.35. The van der Waals surface area contributed by atoms with Crippen molar-refractivity contribution in [1.29, 1.82) is 0 Å². The molecule has 0 atom stereocenters. The van der Waals surface area contributed by atoms with Crippen LogP contribution < -0.4 is 0 Å². The Hall–Kier alpha value is -2.46. The van der Waals surface area contributed by atoms with E-state index in [0.29, 0.717) is 12.3 Å². The summed E-state index contributed by atoms with van der Waals surface area (Å²) in [5, 5.41) is 3.01. The number of benzene rings is 2. The van der Waals surface area contributed by atoms with Crippen LogP contribution in [0.1, 0.15) is 35.6 Å². The fraction of sp³-hybridized carbons (Fsp3) is 0.304. The molecular weight excluding hydrogens is 352 g/mol. The van der Waals surface area contributed by atoms with Crippen LogP contribution in [0.3, 0.4) is 0 Å². The number of hydrogen-bond donors (Lipinski definition) is 0. The van der Waals surface area contributed by atoms with E-state index in [4.69, 9.17) is 0 Å². The van der Waals surface area contributed by atoms with Crippen molar-refractivity contribution in [2.75, 3.05) is 13.1 Å². The van der Waals surface area contributed by atoms with Crippen LogP contribution in [0.25, 0.3) is 10.6 Å². The summed E-state index contributed by atoms with van der Waals surface area (Å²) in [4.78, 5) is 19.4. The molecule has 2 heterocycles. The molecule has 4 rings (SSSR count). The highest BCUT2D eigenvalue weighted by molar-refractivity contribution is 7.13. The number of aromatic nitrogens is 1. The third-order valence-electron chi connectivity index (χ3n) is 5.27. The number of nitrogens with zero attached hydrogens (tertiary/aromatic N) is 2. The SMILES string of the molecule is Cc1cccc(-c2nc(CC(=O)N3CCC(c4ccccc4)CC3)cs2)c1. The molecule has 1 saturated heterocycles. The van der Waals surface area contributed by atoms with E-state index in [9.17, 15) is 4.79 Å². The quantitative estimate of drug-likeness (QED) is 0.637. The number of carbonyl (C=O) groups excluding carboxylic acids is 1. The molecule has 0 N–H and O–H groups in total. The number of aryl methyl sites for hydroxylation is 1. The first-order chi connectivity index (χ1) is 13.2. The van der Waals surface area contributed by atoms with Crippen LogP contribution >= 0.6 is 11.3 Å². The van der Waals surface area contributed by atoms with Gasteiger partial charge < -0.3 is 4.90 Å². The van der Waals surface area contributed by atoms with E-state index in [-0.39, 0.29) is 5.91 Å². The molecule has 3 aromatic rings. The summed E-state index contributed by atoms with van der Waals surface area (Å²) in [6, 6.07) is 19.0. The Morgan fingerprint density at radius 1 is 1.11 bits per heavy atom. The van der Waals surface area contributed by atoms with E-state index < -0.39 is 0 Å². The molecule has 1 amide bonds. The lowest BCUT2D eigenvalue weighted by molar-refractivity contribution is -0.131. The fourth-order valence-corrected chi connectivity index (χ4v) is 4.57. The van der Waals surface area contributed by atoms with Gasteiger partial charge in [-0.3, -0.25) is 4.79 Å². The van der Waals surface area contributed by atoms with E-state index in [1.165, 1.54) is 11.1 Å². The van der Waals surface area contributed by atoms with Crippen molar-refractivity contribution in [3.8, 4) is 10.6 Å². The molecule has 0 radical (unpaired) electrons. The fourth-order valence-electron chi connectivity index (χ4n) is 3.75. The maximum absolute atomic E-state index is 12.7. The Balaban J connectivity index is 1.35. The molecule has 1 aliphatic heterocycles. The highest BCUT2D eigenvalue weighted by atomic mass is 32.1. The van der Waals surface area contributed by atoms with Gasteiger partial charge in [-0.25, -0.2) is 4.98 Å². The van der Waals surface area contributed by atoms with Crippen molar-refractivity contribution in [3.05, 3.63) is 76.8 Å². The Bertz CT molecular complexity index is 911. The summed E-state index contributed by atoms with van der Waals surface area (Å²) in [6.45, 7) is 3.77. The molecule has 3 nitrogen and oxygen atoms in total. The molecule has 1 fully saturated rings. The van der Waals surface area contributed by atoms with Gasteiger partial charge in [-0.15, -0.1) is 11.3 Å². The van der Waals surface area contributed by atoms with E-state index in [2.05, 4.69) is 60.4 Å². The summed E-state index contributed by atoms with van der Waals surface area (Å²) >= 11 is 1.62. The monoisotopic (exact) mass is 376 g/mol. The average molecular weight is 377 g/mol. The standard InChI is InChI=1S/C23H24N2OS/c1-17-6-5-9-20(14-17)23-24-21(16-27-23)15-22(26)25-12-10-19(11-13-25)18-7-3-2-4-8-18/h2-9,14,16,19H,10-13,15H2,1H3. The van der Waals surface area contributed by atoms with Gasteiger partial charge in [0, 0.05) is 24.0 Å². The van der Waals surface area contributed by atoms with Crippen LogP contribution in [0.5, 0.6) is 0 Å². The van der Waals surface area contributed by atoms with E-state index >= 15 is 0 Å². The number of carbonyl (C=O) groups is 1. The molecule has 27 heavy (non-hydrogen) atoms. The van der Waals surface area contributed by atoms with Gasteiger partial charge in [-0.2, -0.15) is 0 Å². The molecule has 1 aromatic heterocycles. The maximum atomic E-state index is 12.7. The van der Waals surface area contributed by atoms with Crippen molar-refractivity contribution < 1.29 is 4.79 Å². The second-order valence-electron chi connectivity index (χ2n) is 7.26. The van der Waals surface area contributed by atoms with Gasteiger partial charge in [0.1, 0.15) is 5.01 Å². The predicted molar refractivity (Wildman–Crippen MR) is 111 cm³/mol. The molecule has 0 bridgehead atoms. The van der Waals surface area contributed by atoms with Crippen molar-refractivity contribution in [3.63, 3.8) is 0 Å². The van der Waals surface area contributed by atoms with Crippen LogP contribution in [-0.2, 0) is 11.2 Å². The van der Waals surface area contributed by atoms with Crippen molar-refractivity contribution in [2.45, 2.75) is 32.1 Å². The topological polar surface area (TPSA) is 33.2 Å². The lowest BCUT2D eigenvalue weighted by Gasteiger charge is -2.32. The second kappa shape index (κ2) is 8.05. The maximum Gasteiger partial charge on any atom is 0.228 e. The van der Waals surface area contributed by atoms with E-state index in [1.54, 1.807) is 11.3 Å². The molecule has 0 saturated carbocycles. The summed E-state index contributed by atoms with van der Waals surface area (Å²) in [7, 11) is 0. The van der Waals surface area contributed by atoms with Gasteiger partial charge in [0.25, 0.3) is 0 Å². The number of thiazole rings is 1. The summed E-state index contributed by atoms with van der Waals surface area (Å²) in [5.74, 6) is 0.769.